The van der Waals surface area contributed by atoms with Gasteiger partial charge in [0.15, 0.2) is 5.79 Å². The van der Waals surface area contributed by atoms with Gasteiger partial charge in [-0.05, 0) is 54.9 Å². The third-order valence-electron chi connectivity index (χ3n) is 7.32. The Balaban J connectivity index is 1.42. The van der Waals surface area contributed by atoms with Crippen LogP contribution >= 0.6 is 0 Å². The van der Waals surface area contributed by atoms with Gasteiger partial charge in [-0.1, -0.05) is 81.4 Å². The van der Waals surface area contributed by atoms with Gasteiger partial charge in [0, 0.05) is 0 Å². The maximum Gasteiger partial charge on any atom is 0.261 e. The Kier molecular flexibility index (Phi) is 8.21. The molecule has 0 aromatic heterocycles. The Bertz CT molecular complexity index is 888. The smallest absolute Gasteiger partial charge is 0.261 e. The second-order valence-corrected chi connectivity index (χ2v) is 15.7. The molecule has 2 fully saturated rings. The van der Waals surface area contributed by atoms with Crippen molar-refractivity contribution in [2.45, 2.75) is 95.5 Å². The van der Waals surface area contributed by atoms with Gasteiger partial charge in [-0.15, -0.1) is 0 Å². The molecule has 1 N–H and O–H groups in total. The van der Waals surface area contributed by atoms with Gasteiger partial charge < -0.3 is 23.7 Å². The van der Waals surface area contributed by atoms with Gasteiger partial charge in [0.2, 0.25) is 0 Å². The Morgan fingerprint density at radius 3 is 2.09 bits per heavy atom. The highest BCUT2D eigenvalue weighted by molar-refractivity contribution is 6.99. The summed E-state index contributed by atoms with van der Waals surface area (Å²) >= 11 is 0. The minimum Gasteiger partial charge on any atom is -0.405 e. The molecule has 0 spiro atoms. The molecule has 0 aliphatic carbocycles. The maximum atomic E-state index is 10.8. The van der Waals surface area contributed by atoms with E-state index >= 15 is 0 Å². The van der Waals surface area contributed by atoms with E-state index in [1.165, 1.54) is 10.4 Å². The summed E-state index contributed by atoms with van der Waals surface area (Å²) in [6.45, 7) is 11.8. The molecule has 35 heavy (non-hydrogen) atoms. The highest BCUT2D eigenvalue weighted by Gasteiger charge is 2.50. The highest BCUT2D eigenvalue weighted by atomic mass is 28.4. The van der Waals surface area contributed by atoms with Crippen molar-refractivity contribution in [3.63, 3.8) is 0 Å². The summed E-state index contributed by atoms with van der Waals surface area (Å²) in [5.74, 6) is -0.525. The van der Waals surface area contributed by atoms with Crippen LogP contribution in [0.25, 0.3) is 0 Å². The van der Waals surface area contributed by atoms with Crippen molar-refractivity contribution in [2.24, 2.45) is 0 Å². The largest absolute Gasteiger partial charge is 0.405 e. The quantitative estimate of drug-likeness (QED) is 0.519. The molecule has 2 aliphatic heterocycles. The van der Waals surface area contributed by atoms with Gasteiger partial charge in [0.25, 0.3) is 8.32 Å². The van der Waals surface area contributed by atoms with Crippen LogP contribution in [0.2, 0.25) is 5.04 Å². The lowest BCUT2D eigenvalue weighted by Crippen LogP contribution is -2.67. The molecule has 2 aromatic rings. The number of hydrogen-bond donors (Lipinski definition) is 1. The predicted molar refractivity (Wildman–Crippen MR) is 142 cm³/mol. The first kappa shape index (κ1) is 26.5. The Labute approximate surface area is 211 Å². The lowest BCUT2D eigenvalue weighted by atomic mass is 10.0. The molecule has 0 bridgehead atoms. The summed E-state index contributed by atoms with van der Waals surface area (Å²) in [7, 11) is -2.59. The van der Waals surface area contributed by atoms with Crippen LogP contribution in [0.1, 0.15) is 60.3 Å². The van der Waals surface area contributed by atoms with Gasteiger partial charge in [0.05, 0.1) is 37.6 Å². The van der Waals surface area contributed by atoms with Crippen molar-refractivity contribution >= 4 is 18.7 Å². The van der Waals surface area contributed by atoms with Gasteiger partial charge >= 0.3 is 0 Å². The molecule has 0 unspecified atom stereocenters. The average Bonchev–Trinajstić information content (AvgIpc) is 3.44. The fourth-order valence-corrected chi connectivity index (χ4v) is 10.2. The molecule has 2 aliphatic rings. The molecule has 0 saturated carbocycles. The fourth-order valence-electron chi connectivity index (χ4n) is 5.57. The van der Waals surface area contributed by atoms with E-state index in [0.29, 0.717) is 19.6 Å². The SMILES string of the molecule is CC1(C)OC[C@@H](CC[C@@H](O)[C@@H]2CC[C@@H](CO[Si](c3ccccc3)(c3ccccc3)C(C)(C)C)O2)O1. The number of hydrogen-bond acceptors (Lipinski definition) is 5. The lowest BCUT2D eigenvalue weighted by molar-refractivity contribution is -0.140. The Morgan fingerprint density at radius 1 is 0.971 bits per heavy atom. The molecule has 6 heteroatoms. The van der Waals surface area contributed by atoms with Crippen molar-refractivity contribution in [1.29, 1.82) is 0 Å². The van der Waals surface area contributed by atoms with Crippen molar-refractivity contribution in [3.05, 3.63) is 60.7 Å². The average molecular weight is 499 g/mol. The third-order valence-corrected chi connectivity index (χ3v) is 12.3. The van der Waals surface area contributed by atoms with Crippen molar-refractivity contribution < 1.29 is 23.7 Å². The monoisotopic (exact) mass is 498 g/mol. The first-order valence-corrected chi connectivity index (χ1v) is 14.9. The van der Waals surface area contributed by atoms with Crippen LogP contribution in [0.15, 0.2) is 60.7 Å². The second-order valence-electron chi connectivity index (χ2n) is 11.4. The predicted octanol–water partition coefficient (Wildman–Crippen LogP) is 4.40. The molecule has 4 rings (SSSR count). The van der Waals surface area contributed by atoms with Crippen molar-refractivity contribution in [1.82, 2.24) is 0 Å². The number of aliphatic hydroxyl groups excluding tert-OH is 1. The summed E-state index contributed by atoms with van der Waals surface area (Å²) in [4.78, 5) is 0. The topological polar surface area (TPSA) is 57.2 Å². The van der Waals surface area contributed by atoms with E-state index in [4.69, 9.17) is 18.6 Å². The van der Waals surface area contributed by atoms with Crippen LogP contribution in [0.4, 0.5) is 0 Å². The van der Waals surface area contributed by atoms with E-state index in [-0.39, 0.29) is 23.4 Å². The van der Waals surface area contributed by atoms with Crippen LogP contribution in [-0.2, 0) is 18.6 Å². The first-order chi connectivity index (χ1) is 16.6. The molecule has 2 saturated heterocycles. The van der Waals surface area contributed by atoms with Crippen LogP contribution < -0.4 is 10.4 Å². The zero-order chi connectivity index (χ0) is 25.1. The van der Waals surface area contributed by atoms with E-state index in [0.717, 1.165) is 19.3 Å². The Morgan fingerprint density at radius 2 is 1.57 bits per heavy atom. The van der Waals surface area contributed by atoms with E-state index in [9.17, 15) is 5.11 Å². The van der Waals surface area contributed by atoms with E-state index in [2.05, 4.69) is 81.4 Å². The van der Waals surface area contributed by atoms with Gasteiger partial charge in [-0.3, -0.25) is 0 Å². The van der Waals surface area contributed by atoms with Crippen LogP contribution in [0, 0.1) is 0 Å². The molecule has 2 aromatic carbocycles. The second kappa shape index (κ2) is 10.8. The van der Waals surface area contributed by atoms with E-state index < -0.39 is 20.2 Å². The summed E-state index contributed by atoms with van der Waals surface area (Å²) in [6.07, 6.45) is 2.54. The van der Waals surface area contributed by atoms with Crippen LogP contribution in [0.3, 0.4) is 0 Å². The number of aliphatic hydroxyl groups is 1. The minimum absolute atomic E-state index is 0.0127. The van der Waals surface area contributed by atoms with Gasteiger partial charge in [-0.25, -0.2) is 0 Å². The van der Waals surface area contributed by atoms with Crippen LogP contribution in [-0.4, -0.2) is 56.8 Å². The standard InChI is InChI=1S/C29H42O5Si/c1-28(2,3)35(24-12-8-6-9-13-24,25-14-10-7-11-15-25)32-21-22-17-19-27(33-22)26(30)18-16-23-20-31-29(4,5)34-23/h6-15,22-23,26-27,30H,16-21H2,1-5H3/t22-,23+,26+,27-/m0/s1. The molecule has 192 valence electrons. The van der Waals surface area contributed by atoms with Crippen molar-refractivity contribution in [2.75, 3.05) is 13.2 Å². The Hall–Kier alpha value is -1.54. The fraction of sp³-hybridized carbons (Fsp3) is 0.586. The third kappa shape index (κ3) is 6.07. The highest BCUT2D eigenvalue weighted by Crippen LogP contribution is 2.37. The number of ether oxygens (including phenoxy) is 3. The molecule has 4 atom stereocenters. The maximum absolute atomic E-state index is 10.8. The molecule has 5 nitrogen and oxygen atoms in total. The normalized spacial score (nSPS) is 25.6. The van der Waals surface area contributed by atoms with Crippen molar-refractivity contribution in [3.8, 4) is 0 Å². The van der Waals surface area contributed by atoms with Gasteiger partial charge in [-0.2, -0.15) is 0 Å². The van der Waals surface area contributed by atoms with Crippen LogP contribution in [0.5, 0.6) is 0 Å². The molecular formula is C29H42O5Si. The summed E-state index contributed by atoms with van der Waals surface area (Å²) in [5, 5.41) is 13.3. The minimum atomic E-state index is -2.59. The zero-order valence-electron chi connectivity index (χ0n) is 21.9. The summed E-state index contributed by atoms with van der Waals surface area (Å²) in [5.41, 5.74) is 0. The molecular weight excluding hydrogens is 456 g/mol. The molecule has 0 radical (unpaired) electrons. The first-order valence-electron chi connectivity index (χ1n) is 13.0. The van der Waals surface area contributed by atoms with Gasteiger partial charge in [0.1, 0.15) is 0 Å². The molecule has 0 amide bonds. The zero-order valence-corrected chi connectivity index (χ0v) is 22.9. The number of rotatable bonds is 9. The summed E-state index contributed by atoms with van der Waals surface area (Å²) < 4.78 is 24.9. The van der Waals surface area contributed by atoms with E-state index in [1.54, 1.807) is 0 Å². The lowest BCUT2D eigenvalue weighted by Gasteiger charge is -2.43. The molecule has 2 heterocycles. The number of benzene rings is 2. The van der Waals surface area contributed by atoms with E-state index in [1.807, 2.05) is 13.8 Å². The summed E-state index contributed by atoms with van der Waals surface area (Å²) in [6, 6.07) is 21.4.